The van der Waals surface area contributed by atoms with Crippen LogP contribution in [-0.2, 0) is 0 Å². The molecule has 1 saturated heterocycles. The van der Waals surface area contributed by atoms with Gasteiger partial charge in [-0.15, -0.1) is 0 Å². The minimum Gasteiger partial charge on any atom is -0.340 e. The van der Waals surface area contributed by atoms with Gasteiger partial charge in [0.05, 0.1) is 10.6 Å². The number of aromatic nitrogens is 2. The zero-order valence-corrected chi connectivity index (χ0v) is 14.1. The maximum atomic E-state index is 12.4. The number of aryl methyl sites for hydroxylation is 2. The Morgan fingerprint density at radius 1 is 1.36 bits per heavy atom. The largest absolute Gasteiger partial charge is 0.340 e. The molecule has 0 spiro atoms. The van der Waals surface area contributed by atoms with Crippen molar-refractivity contribution in [1.29, 1.82) is 0 Å². The number of hydrogen-bond donors (Lipinski definition) is 1. The minimum absolute atomic E-state index is 0.0490. The summed E-state index contributed by atoms with van der Waals surface area (Å²) in [6, 6.07) is 4.16. The molecule has 0 atom stereocenters. The van der Waals surface area contributed by atoms with Gasteiger partial charge in [0, 0.05) is 38.1 Å². The summed E-state index contributed by atoms with van der Waals surface area (Å²) >= 11 is 0. The van der Waals surface area contributed by atoms with E-state index in [-0.39, 0.29) is 17.6 Å². The van der Waals surface area contributed by atoms with Gasteiger partial charge in [-0.1, -0.05) is 11.2 Å². The molecule has 1 aromatic carbocycles. The van der Waals surface area contributed by atoms with E-state index >= 15 is 0 Å². The average Bonchev–Trinajstić information content (AvgIpc) is 3.03. The summed E-state index contributed by atoms with van der Waals surface area (Å²) in [6.45, 7) is 4.68. The smallest absolute Gasteiger partial charge is 0.321 e. The van der Waals surface area contributed by atoms with Crippen LogP contribution in [0.1, 0.15) is 36.0 Å². The van der Waals surface area contributed by atoms with Crippen molar-refractivity contribution in [2.45, 2.75) is 32.6 Å². The van der Waals surface area contributed by atoms with Crippen LogP contribution >= 0.6 is 0 Å². The number of nitrogens with one attached hydrogen (secondary N) is 1. The molecule has 1 aromatic heterocycles. The topological polar surface area (TPSA) is 114 Å². The lowest BCUT2D eigenvalue weighted by Gasteiger charge is -2.30. The van der Waals surface area contributed by atoms with Crippen molar-refractivity contribution in [3.05, 3.63) is 45.6 Å². The third kappa shape index (κ3) is 3.76. The Morgan fingerprint density at radius 2 is 2.08 bits per heavy atom. The predicted octanol–water partition coefficient (Wildman–Crippen LogP) is 3.01. The lowest BCUT2D eigenvalue weighted by molar-refractivity contribution is -0.384. The van der Waals surface area contributed by atoms with Crippen molar-refractivity contribution < 1.29 is 14.2 Å². The van der Waals surface area contributed by atoms with Crippen LogP contribution in [-0.4, -0.2) is 39.1 Å². The van der Waals surface area contributed by atoms with Crippen LogP contribution in [0.4, 0.5) is 16.2 Å². The highest BCUT2D eigenvalue weighted by Crippen LogP contribution is 2.27. The van der Waals surface area contributed by atoms with E-state index in [9.17, 15) is 14.9 Å². The molecule has 9 heteroatoms. The summed E-state index contributed by atoms with van der Waals surface area (Å²) < 4.78 is 5.01. The van der Waals surface area contributed by atoms with Crippen molar-refractivity contribution in [2.24, 2.45) is 0 Å². The van der Waals surface area contributed by atoms with Crippen LogP contribution in [0.2, 0.25) is 0 Å². The van der Waals surface area contributed by atoms with E-state index in [4.69, 9.17) is 4.52 Å². The van der Waals surface area contributed by atoms with E-state index in [1.807, 2.05) is 0 Å². The second-order valence-electron chi connectivity index (χ2n) is 6.12. The summed E-state index contributed by atoms with van der Waals surface area (Å²) in [5.41, 5.74) is 1.18. The lowest BCUT2D eigenvalue weighted by Crippen LogP contribution is -2.40. The van der Waals surface area contributed by atoms with Crippen LogP contribution in [0, 0.1) is 24.0 Å². The van der Waals surface area contributed by atoms with Gasteiger partial charge < -0.3 is 14.7 Å². The fourth-order valence-electron chi connectivity index (χ4n) is 2.87. The zero-order valence-electron chi connectivity index (χ0n) is 14.1. The lowest BCUT2D eigenvalue weighted by atomic mass is 9.96. The van der Waals surface area contributed by atoms with Crippen LogP contribution in [0.5, 0.6) is 0 Å². The fourth-order valence-corrected chi connectivity index (χ4v) is 2.87. The second-order valence-corrected chi connectivity index (χ2v) is 6.12. The normalized spacial score (nSPS) is 15.2. The van der Waals surface area contributed by atoms with Crippen LogP contribution in [0.15, 0.2) is 22.7 Å². The van der Waals surface area contributed by atoms with Crippen molar-refractivity contribution in [2.75, 3.05) is 18.4 Å². The average molecular weight is 345 g/mol. The first kappa shape index (κ1) is 16.9. The van der Waals surface area contributed by atoms with E-state index in [0.717, 1.165) is 18.4 Å². The molecular formula is C16H19N5O4. The van der Waals surface area contributed by atoms with Crippen molar-refractivity contribution in [1.82, 2.24) is 15.0 Å². The number of nitro groups is 1. The molecule has 0 unspecified atom stereocenters. The molecular weight excluding hydrogens is 326 g/mol. The molecule has 1 aliphatic heterocycles. The number of urea groups is 1. The monoisotopic (exact) mass is 345 g/mol. The number of benzene rings is 1. The predicted molar refractivity (Wildman–Crippen MR) is 89.4 cm³/mol. The first-order chi connectivity index (χ1) is 11.9. The number of nitro benzene ring substituents is 1. The molecule has 3 rings (SSSR count). The Kier molecular flexibility index (Phi) is 4.64. The van der Waals surface area contributed by atoms with Crippen LogP contribution in [0.3, 0.4) is 0 Å². The van der Waals surface area contributed by atoms with E-state index in [2.05, 4.69) is 15.5 Å². The van der Waals surface area contributed by atoms with Gasteiger partial charge in [0.25, 0.3) is 5.69 Å². The number of rotatable bonds is 3. The van der Waals surface area contributed by atoms with Crippen molar-refractivity contribution >= 4 is 17.4 Å². The molecule has 1 fully saturated rings. The van der Waals surface area contributed by atoms with Crippen LogP contribution < -0.4 is 5.32 Å². The highest BCUT2D eigenvalue weighted by atomic mass is 16.6. The number of likely N-dealkylation sites (tertiary alicyclic amines) is 1. The van der Waals surface area contributed by atoms with Gasteiger partial charge in [-0.2, -0.15) is 4.98 Å². The minimum atomic E-state index is -0.479. The van der Waals surface area contributed by atoms with E-state index in [1.165, 1.54) is 12.1 Å². The molecule has 1 N–H and O–H groups in total. The second kappa shape index (κ2) is 6.88. The van der Waals surface area contributed by atoms with Gasteiger partial charge in [0.1, 0.15) is 0 Å². The van der Waals surface area contributed by atoms with Gasteiger partial charge in [-0.05, 0) is 25.3 Å². The number of piperidine rings is 1. The molecule has 0 radical (unpaired) electrons. The van der Waals surface area contributed by atoms with E-state index in [1.54, 1.807) is 24.8 Å². The molecule has 2 amide bonds. The first-order valence-electron chi connectivity index (χ1n) is 8.05. The molecule has 25 heavy (non-hydrogen) atoms. The highest BCUT2D eigenvalue weighted by molar-refractivity contribution is 5.90. The summed E-state index contributed by atoms with van der Waals surface area (Å²) in [7, 11) is 0. The zero-order chi connectivity index (χ0) is 18.0. The third-order valence-electron chi connectivity index (χ3n) is 4.36. The maximum Gasteiger partial charge on any atom is 0.321 e. The van der Waals surface area contributed by atoms with Gasteiger partial charge in [-0.3, -0.25) is 10.1 Å². The van der Waals surface area contributed by atoms with Gasteiger partial charge in [-0.25, -0.2) is 4.79 Å². The van der Waals surface area contributed by atoms with Crippen LogP contribution in [0.25, 0.3) is 0 Å². The molecule has 1 aliphatic rings. The molecule has 0 bridgehead atoms. The fraction of sp³-hybridized carbons (Fsp3) is 0.438. The number of nitrogens with zero attached hydrogens (tertiary/aromatic N) is 4. The SMILES string of the molecule is Cc1nc(C2CCN(C(=O)Nc3cc([N+](=O)[O-])ccc3C)CC2)no1. The number of anilines is 1. The third-order valence-corrected chi connectivity index (χ3v) is 4.36. The van der Waals surface area contributed by atoms with Gasteiger partial charge >= 0.3 is 6.03 Å². The molecule has 9 nitrogen and oxygen atoms in total. The summed E-state index contributed by atoms with van der Waals surface area (Å²) in [4.78, 5) is 28.8. The molecule has 2 heterocycles. The number of carbonyl (C=O) groups excluding carboxylic acids is 1. The standard InChI is InChI=1S/C16H19N5O4/c1-10-3-4-13(21(23)24)9-14(10)18-16(22)20-7-5-12(6-8-20)15-17-11(2)25-19-15/h3-4,9,12H,5-8H2,1-2H3,(H,18,22). The van der Waals surface area contributed by atoms with Gasteiger partial charge in [0.2, 0.25) is 5.89 Å². The maximum absolute atomic E-state index is 12.4. The van der Waals surface area contributed by atoms with Crippen molar-refractivity contribution in [3.63, 3.8) is 0 Å². The summed E-state index contributed by atoms with van der Waals surface area (Å²) in [6.07, 6.45) is 1.50. The Bertz CT molecular complexity index is 796. The Morgan fingerprint density at radius 3 is 2.68 bits per heavy atom. The number of carbonyl (C=O) groups is 1. The molecule has 0 saturated carbocycles. The molecule has 0 aliphatic carbocycles. The number of hydrogen-bond acceptors (Lipinski definition) is 6. The van der Waals surface area contributed by atoms with E-state index in [0.29, 0.717) is 30.5 Å². The number of amides is 2. The quantitative estimate of drug-likeness (QED) is 0.675. The summed E-state index contributed by atoms with van der Waals surface area (Å²) in [5.74, 6) is 1.41. The Labute approximate surface area is 144 Å². The highest BCUT2D eigenvalue weighted by Gasteiger charge is 2.27. The Balaban J connectivity index is 1.61. The Hall–Kier alpha value is -2.97. The van der Waals surface area contributed by atoms with E-state index < -0.39 is 4.92 Å². The van der Waals surface area contributed by atoms with Crippen molar-refractivity contribution in [3.8, 4) is 0 Å². The molecule has 132 valence electrons. The number of non-ortho nitro benzene ring substituents is 1. The van der Waals surface area contributed by atoms with Gasteiger partial charge in [0.15, 0.2) is 5.82 Å². The molecule has 2 aromatic rings. The summed E-state index contributed by atoms with van der Waals surface area (Å²) in [5, 5.41) is 17.6. The first-order valence-corrected chi connectivity index (χ1v) is 8.05.